The minimum Gasteiger partial charge on any atom is -0.736 e. The molecule has 0 atom stereocenters. The molecule has 0 saturated carbocycles. The van der Waals surface area contributed by atoms with Gasteiger partial charge in [-0.05, 0) is 52.0 Å². The van der Waals surface area contributed by atoms with E-state index in [1.807, 2.05) is 0 Å². The van der Waals surface area contributed by atoms with Crippen LogP contribution in [0.25, 0.3) is 0 Å². The average Bonchev–Trinajstić information content (AvgIpc) is 2.65. The Kier molecular flexibility index (Phi) is 9.42. The van der Waals surface area contributed by atoms with Crippen molar-refractivity contribution in [2.45, 2.75) is 27.7 Å². The first-order valence-corrected chi connectivity index (χ1v) is 10.5. The number of nitrogens with zero attached hydrogens (tertiary/aromatic N) is 1. The predicted molar refractivity (Wildman–Crippen MR) is 104 cm³/mol. The van der Waals surface area contributed by atoms with Gasteiger partial charge in [-0.1, -0.05) is 36.4 Å². The molecule has 0 aliphatic rings. The summed E-state index contributed by atoms with van der Waals surface area (Å²) < 4.78 is 22.4. The van der Waals surface area contributed by atoms with Gasteiger partial charge in [-0.15, -0.1) is 0 Å². The molecule has 2 aromatic rings. The van der Waals surface area contributed by atoms with Crippen LogP contribution in [-0.4, -0.2) is 30.7 Å². The molecule has 26 heavy (non-hydrogen) atoms. The van der Waals surface area contributed by atoms with Gasteiger partial charge in [0.05, 0.1) is 26.2 Å². The van der Waals surface area contributed by atoms with Crippen molar-refractivity contribution in [3.8, 4) is 11.5 Å². The van der Waals surface area contributed by atoms with E-state index in [1.54, 1.807) is 60.7 Å². The van der Waals surface area contributed by atoms with Crippen LogP contribution in [0.5, 0.6) is 11.5 Å². The van der Waals surface area contributed by atoms with Crippen molar-refractivity contribution >= 4 is 7.82 Å². The number of phosphoric acid groups is 1. The molecule has 5 nitrogen and oxygen atoms in total. The standard InChI is InChI=1S/C12H11O4P.C8H20N/c13-17(14,15-11-7-3-1-4-8-11)16-12-9-5-2-6-10-12;1-5-9(6-2,7-3)8-4/h1-10H,(H,13,14);5-8H2,1-4H3/q;+1/p-1. The number of quaternary nitrogens is 1. The second-order valence-electron chi connectivity index (χ2n) is 5.86. The molecular weight excluding hydrogens is 349 g/mol. The average molecular weight is 379 g/mol. The Morgan fingerprint density at radius 1 is 0.731 bits per heavy atom. The van der Waals surface area contributed by atoms with E-state index >= 15 is 0 Å². The molecule has 6 heteroatoms. The molecule has 0 amide bonds. The zero-order valence-electron chi connectivity index (χ0n) is 16.1. The largest absolute Gasteiger partial charge is 0.736 e. The normalized spacial score (nSPS) is 11.3. The van der Waals surface area contributed by atoms with Gasteiger partial charge in [-0.3, -0.25) is 0 Å². The van der Waals surface area contributed by atoms with Crippen LogP contribution >= 0.6 is 7.82 Å². The lowest BCUT2D eigenvalue weighted by Crippen LogP contribution is -2.47. The maximum absolute atomic E-state index is 11.6. The fourth-order valence-electron chi connectivity index (χ4n) is 2.58. The van der Waals surface area contributed by atoms with Gasteiger partial charge < -0.3 is 18.4 Å². The van der Waals surface area contributed by atoms with E-state index in [0.717, 1.165) is 0 Å². The minimum absolute atomic E-state index is 0.224. The van der Waals surface area contributed by atoms with Crippen LogP contribution in [0.2, 0.25) is 0 Å². The molecule has 0 radical (unpaired) electrons. The SMILES string of the molecule is CC[N+](CC)(CC)CC.O=P([O-])(Oc1ccccc1)Oc1ccccc1. The Balaban J connectivity index is 0.000000321. The molecular formula is C20H30NO4P. The summed E-state index contributed by atoms with van der Waals surface area (Å²) in [7, 11) is -4.39. The smallest absolute Gasteiger partial charge is 0.372 e. The molecule has 0 fully saturated rings. The molecule has 0 bridgehead atoms. The summed E-state index contributed by atoms with van der Waals surface area (Å²) in [4.78, 5) is 11.6. The first-order valence-electron chi connectivity index (χ1n) is 9.05. The number of phosphoric ester groups is 1. The molecule has 0 unspecified atom stereocenters. The number of benzene rings is 2. The lowest BCUT2D eigenvalue weighted by molar-refractivity contribution is -0.921. The summed E-state index contributed by atoms with van der Waals surface area (Å²) in [5.74, 6) is 0.448. The van der Waals surface area contributed by atoms with Crippen molar-refractivity contribution in [2.75, 3.05) is 26.2 Å². The van der Waals surface area contributed by atoms with Gasteiger partial charge in [0.15, 0.2) is 0 Å². The zero-order valence-corrected chi connectivity index (χ0v) is 17.0. The summed E-state index contributed by atoms with van der Waals surface area (Å²) in [6, 6.07) is 16.4. The number of para-hydroxylation sites is 2. The van der Waals surface area contributed by atoms with Gasteiger partial charge in [0, 0.05) is 0 Å². The highest BCUT2D eigenvalue weighted by Crippen LogP contribution is 2.40. The van der Waals surface area contributed by atoms with Gasteiger partial charge in [-0.2, -0.15) is 0 Å². The highest BCUT2D eigenvalue weighted by molar-refractivity contribution is 7.46. The van der Waals surface area contributed by atoms with E-state index in [9.17, 15) is 9.46 Å². The Bertz CT molecular complexity index is 597. The van der Waals surface area contributed by atoms with Crippen molar-refractivity contribution in [1.82, 2.24) is 0 Å². The fourth-order valence-corrected chi connectivity index (χ4v) is 3.38. The monoisotopic (exact) mass is 379 g/mol. The van der Waals surface area contributed by atoms with Crippen LogP contribution in [-0.2, 0) is 4.57 Å². The van der Waals surface area contributed by atoms with Crippen molar-refractivity contribution < 1.29 is 23.0 Å². The summed E-state index contributed by atoms with van der Waals surface area (Å²) in [5.41, 5.74) is 0. The highest BCUT2D eigenvalue weighted by Gasteiger charge is 2.16. The lowest BCUT2D eigenvalue weighted by Gasteiger charge is -2.34. The van der Waals surface area contributed by atoms with Gasteiger partial charge in [-0.25, -0.2) is 4.57 Å². The summed E-state index contributed by atoms with van der Waals surface area (Å²) >= 11 is 0. The molecule has 0 heterocycles. The van der Waals surface area contributed by atoms with Gasteiger partial charge in [0.25, 0.3) is 0 Å². The molecule has 0 aliphatic heterocycles. The molecule has 0 saturated heterocycles. The van der Waals surface area contributed by atoms with Crippen LogP contribution in [0, 0.1) is 0 Å². The summed E-state index contributed by atoms with van der Waals surface area (Å²) in [6.07, 6.45) is 0. The minimum atomic E-state index is -4.39. The quantitative estimate of drug-likeness (QED) is 0.501. The van der Waals surface area contributed by atoms with Gasteiger partial charge in [0.2, 0.25) is 0 Å². The highest BCUT2D eigenvalue weighted by atomic mass is 31.2. The third-order valence-electron chi connectivity index (χ3n) is 4.60. The first kappa shape index (κ1) is 22.2. The van der Waals surface area contributed by atoms with Crippen LogP contribution in [0.4, 0.5) is 0 Å². The van der Waals surface area contributed by atoms with E-state index in [2.05, 4.69) is 27.7 Å². The Hall–Kier alpha value is -1.81. The second kappa shape index (κ2) is 11.0. The molecule has 0 spiro atoms. The third kappa shape index (κ3) is 7.61. The van der Waals surface area contributed by atoms with Gasteiger partial charge >= 0.3 is 7.82 Å². The van der Waals surface area contributed by atoms with Crippen molar-refractivity contribution in [3.05, 3.63) is 60.7 Å². The first-order chi connectivity index (χ1) is 12.4. The van der Waals surface area contributed by atoms with Crippen molar-refractivity contribution in [3.63, 3.8) is 0 Å². The molecule has 0 aromatic heterocycles. The maximum Gasteiger partial charge on any atom is 0.372 e. The maximum atomic E-state index is 11.6. The van der Waals surface area contributed by atoms with E-state index in [-0.39, 0.29) is 11.5 Å². The van der Waals surface area contributed by atoms with Crippen LogP contribution < -0.4 is 13.9 Å². The molecule has 0 N–H and O–H groups in total. The van der Waals surface area contributed by atoms with E-state index in [1.165, 1.54) is 30.7 Å². The second-order valence-corrected chi connectivity index (χ2v) is 7.12. The van der Waals surface area contributed by atoms with E-state index < -0.39 is 7.82 Å². The van der Waals surface area contributed by atoms with Crippen LogP contribution in [0.3, 0.4) is 0 Å². The molecule has 144 valence electrons. The topological polar surface area (TPSA) is 58.6 Å². The number of hydrogen-bond acceptors (Lipinski definition) is 4. The predicted octanol–water partition coefficient (Wildman–Crippen LogP) is 4.50. The number of hydrogen-bond donors (Lipinski definition) is 0. The lowest BCUT2D eigenvalue weighted by atomic mass is 10.3. The van der Waals surface area contributed by atoms with E-state index in [0.29, 0.717) is 0 Å². The Labute approximate surface area is 157 Å². The molecule has 2 aromatic carbocycles. The van der Waals surface area contributed by atoms with Crippen molar-refractivity contribution in [1.29, 1.82) is 0 Å². The Morgan fingerprint density at radius 2 is 1.04 bits per heavy atom. The zero-order chi connectivity index (χ0) is 19.5. The summed E-state index contributed by atoms with van der Waals surface area (Å²) in [6.45, 7) is 14.2. The molecule has 2 rings (SSSR count). The van der Waals surface area contributed by atoms with Crippen LogP contribution in [0.15, 0.2) is 60.7 Å². The Morgan fingerprint density at radius 3 is 1.27 bits per heavy atom. The van der Waals surface area contributed by atoms with Gasteiger partial charge in [0.1, 0.15) is 11.5 Å². The van der Waals surface area contributed by atoms with Crippen LogP contribution in [0.1, 0.15) is 27.7 Å². The molecule has 0 aliphatic carbocycles. The van der Waals surface area contributed by atoms with E-state index in [4.69, 9.17) is 9.05 Å². The fraction of sp³-hybridized carbons (Fsp3) is 0.400. The van der Waals surface area contributed by atoms with Crippen molar-refractivity contribution in [2.24, 2.45) is 0 Å². The third-order valence-corrected chi connectivity index (χ3v) is 5.47. The number of rotatable bonds is 8. The summed E-state index contributed by atoms with van der Waals surface area (Å²) in [5, 5.41) is 0.